The van der Waals surface area contributed by atoms with Gasteiger partial charge in [0.1, 0.15) is 5.75 Å². The molecular formula is C25H29N3O3. The van der Waals surface area contributed by atoms with Gasteiger partial charge < -0.3 is 10.1 Å². The zero-order valence-corrected chi connectivity index (χ0v) is 18.3. The molecule has 1 amide bonds. The summed E-state index contributed by atoms with van der Waals surface area (Å²) in [4.78, 5) is 24.4. The summed E-state index contributed by atoms with van der Waals surface area (Å²) in [5.74, 6) is 1.17. The van der Waals surface area contributed by atoms with Gasteiger partial charge in [-0.2, -0.15) is 5.10 Å². The van der Waals surface area contributed by atoms with Gasteiger partial charge in [-0.25, -0.2) is 4.68 Å². The first-order valence-electron chi connectivity index (χ1n) is 10.7. The Morgan fingerprint density at radius 2 is 1.74 bits per heavy atom. The van der Waals surface area contributed by atoms with E-state index in [-0.39, 0.29) is 11.5 Å². The molecule has 0 unspecified atom stereocenters. The van der Waals surface area contributed by atoms with E-state index >= 15 is 0 Å². The zero-order valence-electron chi connectivity index (χ0n) is 18.3. The summed E-state index contributed by atoms with van der Waals surface area (Å²) in [7, 11) is 0. The van der Waals surface area contributed by atoms with Crippen molar-refractivity contribution in [2.45, 2.75) is 46.1 Å². The number of rotatable bonds is 9. The molecule has 3 rings (SSSR count). The average molecular weight is 420 g/mol. The van der Waals surface area contributed by atoms with E-state index in [0.29, 0.717) is 37.6 Å². The highest BCUT2D eigenvalue weighted by atomic mass is 16.5. The molecule has 1 aromatic heterocycles. The zero-order chi connectivity index (χ0) is 22.2. The lowest BCUT2D eigenvalue weighted by Gasteiger charge is -2.10. The minimum absolute atomic E-state index is 0.0759. The molecule has 0 aliphatic rings. The van der Waals surface area contributed by atoms with Crippen LogP contribution >= 0.6 is 0 Å². The fourth-order valence-electron chi connectivity index (χ4n) is 3.22. The van der Waals surface area contributed by atoms with Crippen LogP contribution in [0.2, 0.25) is 0 Å². The normalized spacial score (nSPS) is 10.8. The van der Waals surface area contributed by atoms with Gasteiger partial charge in [0.2, 0.25) is 5.91 Å². The first-order valence-corrected chi connectivity index (χ1v) is 10.7. The number of nitrogens with one attached hydrogen (secondary N) is 1. The number of aromatic nitrogens is 2. The van der Waals surface area contributed by atoms with Crippen LogP contribution in [0.15, 0.2) is 65.5 Å². The predicted molar refractivity (Wildman–Crippen MR) is 123 cm³/mol. The van der Waals surface area contributed by atoms with E-state index in [1.54, 1.807) is 6.07 Å². The van der Waals surface area contributed by atoms with E-state index < -0.39 is 0 Å². The van der Waals surface area contributed by atoms with Crippen LogP contribution in [0, 0.1) is 0 Å². The van der Waals surface area contributed by atoms with E-state index in [2.05, 4.69) is 24.3 Å². The van der Waals surface area contributed by atoms with Crippen molar-refractivity contribution in [3.63, 3.8) is 0 Å². The third-order valence-electron chi connectivity index (χ3n) is 4.96. The molecule has 1 N–H and O–H groups in total. The van der Waals surface area contributed by atoms with Crippen molar-refractivity contribution in [2.75, 3.05) is 11.9 Å². The van der Waals surface area contributed by atoms with Gasteiger partial charge in [0.15, 0.2) is 0 Å². The Balaban J connectivity index is 1.56. The van der Waals surface area contributed by atoms with Crippen LogP contribution in [0.1, 0.15) is 45.1 Å². The predicted octanol–water partition coefficient (Wildman–Crippen LogP) is 4.85. The molecule has 0 aliphatic carbocycles. The molecule has 0 saturated heterocycles. The van der Waals surface area contributed by atoms with E-state index in [0.717, 1.165) is 17.0 Å². The summed E-state index contributed by atoms with van der Waals surface area (Å²) >= 11 is 0. The van der Waals surface area contributed by atoms with Gasteiger partial charge in [-0.3, -0.25) is 9.59 Å². The van der Waals surface area contributed by atoms with E-state index in [4.69, 9.17) is 4.74 Å². The fourth-order valence-corrected chi connectivity index (χ4v) is 3.22. The number of carbonyl (C=O) groups excluding carboxylic acids is 1. The highest BCUT2D eigenvalue weighted by Gasteiger charge is 2.07. The van der Waals surface area contributed by atoms with Crippen LogP contribution in [0.25, 0.3) is 11.3 Å². The second kappa shape index (κ2) is 10.6. The highest BCUT2D eigenvalue weighted by molar-refractivity contribution is 5.90. The van der Waals surface area contributed by atoms with E-state index in [9.17, 15) is 9.59 Å². The van der Waals surface area contributed by atoms with Crippen molar-refractivity contribution in [3.05, 3.63) is 76.6 Å². The molecule has 0 spiro atoms. The molecule has 0 fully saturated rings. The average Bonchev–Trinajstić information content (AvgIpc) is 2.76. The number of nitrogens with zero attached hydrogens (tertiary/aromatic N) is 2. The Morgan fingerprint density at radius 3 is 2.39 bits per heavy atom. The molecule has 2 aromatic carbocycles. The summed E-state index contributed by atoms with van der Waals surface area (Å²) in [5, 5.41) is 7.36. The van der Waals surface area contributed by atoms with E-state index in [1.807, 2.05) is 55.5 Å². The summed E-state index contributed by atoms with van der Waals surface area (Å²) in [5.41, 5.74) is 3.44. The Kier molecular flexibility index (Phi) is 7.60. The standard InChI is InChI=1S/C25H29N3O3/c1-4-31-22-13-9-20(10-14-22)23-15-16-25(30)28(27-23)17-5-6-24(29)26-21-11-7-19(8-12-21)18(2)3/h7-16,18H,4-6,17H2,1-3H3,(H,26,29). The lowest BCUT2D eigenvalue weighted by atomic mass is 10.0. The monoisotopic (exact) mass is 419 g/mol. The molecule has 31 heavy (non-hydrogen) atoms. The largest absolute Gasteiger partial charge is 0.494 e. The summed E-state index contributed by atoms with van der Waals surface area (Å²) < 4.78 is 6.87. The minimum atomic E-state index is -0.181. The van der Waals surface area contributed by atoms with Crippen LogP contribution in [-0.4, -0.2) is 22.3 Å². The van der Waals surface area contributed by atoms with Crippen LogP contribution < -0.4 is 15.6 Å². The molecule has 6 nitrogen and oxygen atoms in total. The van der Waals surface area contributed by atoms with Gasteiger partial charge >= 0.3 is 0 Å². The number of aryl methyl sites for hydroxylation is 1. The van der Waals surface area contributed by atoms with Crippen LogP contribution in [0.5, 0.6) is 5.75 Å². The molecule has 0 bridgehead atoms. The van der Waals surface area contributed by atoms with Gasteiger partial charge in [0.05, 0.1) is 12.3 Å². The quantitative estimate of drug-likeness (QED) is 0.538. The second-order valence-corrected chi connectivity index (χ2v) is 7.67. The minimum Gasteiger partial charge on any atom is -0.494 e. The number of amides is 1. The summed E-state index contributed by atoms with van der Waals surface area (Å²) in [6.07, 6.45) is 0.836. The summed E-state index contributed by atoms with van der Waals surface area (Å²) in [6, 6.07) is 18.7. The highest BCUT2D eigenvalue weighted by Crippen LogP contribution is 2.20. The van der Waals surface area contributed by atoms with Crippen molar-refractivity contribution >= 4 is 11.6 Å². The van der Waals surface area contributed by atoms with Gasteiger partial charge in [0.25, 0.3) is 5.56 Å². The number of carbonyl (C=O) groups is 1. The van der Waals surface area contributed by atoms with Gasteiger partial charge in [-0.15, -0.1) is 0 Å². The number of hydrogen-bond acceptors (Lipinski definition) is 4. The van der Waals surface area contributed by atoms with Crippen molar-refractivity contribution in [3.8, 4) is 17.0 Å². The smallest absolute Gasteiger partial charge is 0.266 e. The number of hydrogen-bond donors (Lipinski definition) is 1. The maximum Gasteiger partial charge on any atom is 0.266 e. The van der Waals surface area contributed by atoms with Gasteiger partial charge in [0, 0.05) is 30.3 Å². The van der Waals surface area contributed by atoms with Gasteiger partial charge in [-0.1, -0.05) is 26.0 Å². The lowest BCUT2D eigenvalue weighted by Crippen LogP contribution is -2.23. The van der Waals surface area contributed by atoms with Crippen molar-refractivity contribution in [2.24, 2.45) is 0 Å². The van der Waals surface area contributed by atoms with Crippen molar-refractivity contribution in [1.82, 2.24) is 9.78 Å². The molecule has 0 saturated carbocycles. The number of benzene rings is 2. The first-order chi connectivity index (χ1) is 15.0. The Hall–Kier alpha value is -3.41. The maximum absolute atomic E-state index is 12.2. The molecule has 0 aliphatic heterocycles. The fraction of sp³-hybridized carbons (Fsp3) is 0.320. The first kappa shape index (κ1) is 22.3. The maximum atomic E-state index is 12.2. The van der Waals surface area contributed by atoms with Crippen molar-refractivity contribution < 1.29 is 9.53 Å². The van der Waals surface area contributed by atoms with Crippen LogP contribution in [-0.2, 0) is 11.3 Å². The lowest BCUT2D eigenvalue weighted by molar-refractivity contribution is -0.116. The van der Waals surface area contributed by atoms with Crippen LogP contribution in [0.3, 0.4) is 0 Å². The number of anilines is 1. The van der Waals surface area contributed by atoms with Crippen molar-refractivity contribution in [1.29, 1.82) is 0 Å². The SMILES string of the molecule is CCOc1ccc(-c2ccc(=O)n(CCCC(=O)Nc3ccc(C(C)C)cc3)n2)cc1. The topological polar surface area (TPSA) is 73.2 Å². The summed E-state index contributed by atoms with van der Waals surface area (Å²) in [6.45, 7) is 7.19. The molecule has 162 valence electrons. The Morgan fingerprint density at radius 1 is 1.03 bits per heavy atom. The molecule has 1 heterocycles. The molecule has 6 heteroatoms. The molecule has 3 aromatic rings. The molecule has 0 radical (unpaired) electrons. The number of ether oxygens (including phenoxy) is 1. The Bertz CT molecular complexity index is 1050. The molecule has 0 atom stereocenters. The van der Waals surface area contributed by atoms with Crippen LogP contribution in [0.4, 0.5) is 5.69 Å². The third kappa shape index (κ3) is 6.28. The molecular weight excluding hydrogens is 390 g/mol. The van der Waals surface area contributed by atoms with E-state index in [1.165, 1.54) is 16.3 Å². The second-order valence-electron chi connectivity index (χ2n) is 7.67. The van der Waals surface area contributed by atoms with Gasteiger partial charge in [-0.05, 0) is 67.3 Å². The third-order valence-corrected chi connectivity index (χ3v) is 4.96. The Labute approximate surface area is 182 Å².